The largest absolute Gasteiger partial charge is 0.508 e. The Morgan fingerprint density at radius 3 is 2.41 bits per heavy atom. The van der Waals surface area contributed by atoms with Gasteiger partial charge in [-0.2, -0.15) is 0 Å². The summed E-state index contributed by atoms with van der Waals surface area (Å²) in [5.74, 6) is -1.37. The molecule has 1 aliphatic rings. The number of aliphatic hydroxyl groups excluding tert-OH is 1. The fraction of sp³-hybridized carbons (Fsp3) is 0.304. The number of ketones is 1. The van der Waals surface area contributed by atoms with Crippen molar-refractivity contribution in [1.82, 2.24) is 4.90 Å². The van der Waals surface area contributed by atoms with E-state index < -0.39 is 17.7 Å². The highest BCUT2D eigenvalue weighted by molar-refractivity contribution is 9.10. The summed E-state index contributed by atoms with van der Waals surface area (Å²) in [7, 11) is 0. The molecular formula is C23H24BrNO4. The van der Waals surface area contributed by atoms with Gasteiger partial charge >= 0.3 is 0 Å². The average molecular weight is 458 g/mol. The Labute approximate surface area is 178 Å². The summed E-state index contributed by atoms with van der Waals surface area (Å²) < 4.78 is 0.893. The third-order valence-electron chi connectivity index (χ3n) is 5.18. The Morgan fingerprint density at radius 2 is 1.79 bits per heavy atom. The van der Waals surface area contributed by atoms with Crippen molar-refractivity contribution >= 4 is 33.4 Å². The minimum atomic E-state index is -0.684. The van der Waals surface area contributed by atoms with Crippen LogP contribution in [0.4, 0.5) is 0 Å². The van der Waals surface area contributed by atoms with Gasteiger partial charge in [0.1, 0.15) is 11.5 Å². The first kappa shape index (κ1) is 21.1. The quantitative estimate of drug-likeness (QED) is 0.274. The minimum absolute atomic E-state index is 0.0823. The van der Waals surface area contributed by atoms with Crippen LogP contribution >= 0.6 is 15.9 Å². The van der Waals surface area contributed by atoms with Crippen LogP contribution in [0.1, 0.15) is 48.9 Å². The lowest BCUT2D eigenvalue weighted by Crippen LogP contribution is -2.30. The topological polar surface area (TPSA) is 77.8 Å². The molecule has 1 amide bonds. The van der Waals surface area contributed by atoms with E-state index >= 15 is 0 Å². The molecule has 1 fully saturated rings. The van der Waals surface area contributed by atoms with Gasteiger partial charge in [-0.3, -0.25) is 9.59 Å². The third-order valence-corrected chi connectivity index (χ3v) is 6.07. The Bertz CT molecular complexity index is 965. The van der Waals surface area contributed by atoms with E-state index in [0.29, 0.717) is 17.7 Å². The zero-order chi connectivity index (χ0) is 21.1. The number of aryl methyl sites for hydroxylation is 1. The predicted molar refractivity (Wildman–Crippen MR) is 116 cm³/mol. The lowest BCUT2D eigenvalue weighted by Gasteiger charge is -2.25. The number of phenolic OH excluding ortho intramolecular Hbond substituents is 1. The van der Waals surface area contributed by atoms with E-state index in [9.17, 15) is 19.8 Å². The number of unbranched alkanes of at least 4 members (excludes halogenated alkanes) is 2. The molecule has 152 valence electrons. The van der Waals surface area contributed by atoms with Gasteiger partial charge < -0.3 is 15.1 Å². The van der Waals surface area contributed by atoms with E-state index in [-0.39, 0.29) is 17.1 Å². The SMILES string of the molecule is CCCCCN1C(=O)C(=O)/C(=C(\O)c2ccc(Br)c(C)c2)C1c1ccc(O)cc1. The van der Waals surface area contributed by atoms with Crippen LogP contribution in [0.15, 0.2) is 52.5 Å². The van der Waals surface area contributed by atoms with E-state index in [4.69, 9.17) is 0 Å². The first-order chi connectivity index (χ1) is 13.8. The van der Waals surface area contributed by atoms with Gasteiger partial charge in [0.05, 0.1) is 11.6 Å². The third kappa shape index (κ3) is 4.22. The van der Waals surface area contributed by atoms with Gasteiger partial charge in [-0.05, 0) is 48.7 Å². The van der Waals surface area contributed by atoms with E-state index in [1.807, 2.05) is 6.92 Å². The van der Waals surface area contributed by atoms with Crippen LogP contribution in [0.25, 0.3) is 5.76 Å². The summed E-state index contributed by atoms with van der Waals surface area (Å²) in [6, 6.07) is 11.0. The highest BCUT2D eigenvalue weighted by atomic mass is 79.9. The summed E-state index contributed by atoms with van der Waals surface area (Å²) in [6.07, 6.45) is 2.71. The molecule has 0 aliphatic carbocycles. The van der Waals surface area contributed by atoms with Crippen LogP contribution in [0, 0.1) is 6.92 Å². The van der Waals surface area contributed by atoms with Crippen LogP contribution in [0.3, 0.4) is 0 Å². The average Bonchev–Trinajstić information content (AvgIpc) is 2.95. The van der Waals surface area contributed by atoms with E-state index in [2.05, 4.69) is 22.9 Å². The van der Waals surface area contributed by atoms with Crippen LogP contribution in [-0.4, -0.2) is 33.3 Å². The molecule has 1 heterocycles. The van der Waals surface area contributed by atoms with Gasteiger partial charge in [0, 0.05) is 16.6 Å². The molecule has 29 heavy (non-hydrogen) atoms. The molecule has 1 unspecified atom stereocenters. The number of aliphatic hydroxyl groups is 1. The molecular weight excluding hydrogens is 434 g/mol. The van der Waals surface area contributed by atoms with Crippen molar-refractivity contribution in [2.75, 3.05) is 6.54 Å². The lowest BCUT2D eigenvalue weighted by atomic mass is 9.94. The summed E-state index contributed by atoms with van der Waals surface area (Å²) in [5.41, 5.74) is 2.15. The number of benzene rings is 2. The number of hydrogen-bond donors (Lipinski definition) is 2. The second kappa shape index (κ2) is 8.82. The Kier molecular flexibility index (Phi) is 6.42. The Morgan fingerprint density at radius 1 is 1.10 bits per heavy atom. The number of Topliss-reactive ketones (excluding diaryl/α,β-unsaturated/α-hetero) is 1. The van der Waals surface area contributed by atoms with Gasteiger partial charge in [0.15, 0.2) is 0 Å². The molecule has 0 bridgehead atoms. The second-order valence-electron chi connectivity index (χ2n) is 7.26. The number of amides is 1. The molecule has 1 atom stereocenters. The standard InChI is InChI=1S/C23H24BrNO4/c1-3-4-5-12-25-20(15-6-9-17(26)10-7-15)19(22(28)23(25)29)21(27)16-8-11-18(24)14(2)13-16/h6-11,13,20,26-27H,3-5,12H2,1-2H3/b21-19-. The van der Waals surface area contributed by atoms with Gasteiger partial charge in [0.25, 0.3) is 11.7 Å². The number of aromatic hydroxyl groups is 1. The van der Waals surface area contributed by atoms with Crippen molar-refractivity contribution in [1.29, 1.82) is 0 Å². The number of phenols is 1. The molecule has 0 saturated carbocycles. The van der Waals surface area contributed by atoms with Crippen LogP contribution in [0.5, 0.6) is 5.75 Å². The predicted octanol–water partition coefficient (Wildman–Crippen LogP) is 5.08. The fourth-order valence-electron chi connectivity index (χ4n) is 3.59. The van der Waals surface area contributed by atoms with Crippen molar-refractivity contribution in [3.8, 4) is 5.75 Å². The Balaban J connectivity index is 2.13. The smallest absolute Gasteiger partial charge is 0.295 e. The molecule has 0 spiro atoms. The van der Waals surface area contributed by atoms with Crippen LogP contribution < -0.4 is 0 Å². The number of carbonyl (C=O) groups excluding carboxylic acids is 2. The number of nitrogens with zero attached hydrogens (tertiary/aromatic N) is 1. The summed E-state index contributed by atoms with van der Waals surface area (Å²) >= 11 is 3.43. The maximum Gasteiger partial charge on any atom is 0.295 e. The second-order valence-corrected chi connectivity index (χ2v) is 8.11. The Hall–Kier alpha value is -2.60. The molecule has 0 radical (unpaired) electrons. The van der Waals surface area contributed by atoms with Crippen molar-refractivity contribution in [2.45, 2.75) is 39.2 Å². The normalized spacial score (nSPS) is 18.4. The maximum atomic E-state index is 12.9. The van der Waals surface area contributed by atoms with Crippen molar-refractivity contribution in [3.05, 3.63) is 69.2 Å². The van der Waals surface area contributed by atoms with Crippen molar-refractivity contribution < 1.29 is 19.8 Å². The summed E-state index contributed by atoms with van der Waals surface area (Å²) in [5, 5.41) is 20.7. The van der Waals surface area contributed by atoms with E-state index in [0.717, 1.165) is 29.3 Å². The van der Waals surface area contributed by atoms with Gasteiger partial charge in [-0.25, -0.2) is 0 Å². The molecule has 3 rings (SSSR count). The first-order valence-electron chi connectivity index (χ1n) is 9.69. The monoisotopic (exact) mass is 457 g/mol. The van der Waals surface area contributed by atoms with Crippen LogP contribution in [0.2, 0.25) is 0 Å². The summed E-state index contributed by atoms with van der Waals surface area (Å²) in [6.45, 7) is 4.39. The number of halogens is 1. The first-order valence-corrected chi connectivity index (χ1v) is 10.5. The van der Waals surface area contributed by atoms with Gasteiger partial charge in [-0.1, -0.05) is 53.9 Å². The molecule has 5 nitrogen and oxygen atoms in total. The maximum absolute atomic E-state index is 12.9. The van der Waals surface area contributed by atoms with Gasteiger partial charge in [0.2, 0.25) is 0 Å². The van der Waals surface area contributed by atoms with E-state index in [1.54, 1.807) is 30.3 Å². The lowest BCUT2D eigenvalue weighted by molar-refractivity contribution is -0.139. The molecule has 6 heteroatoms. The number of hydrogen-bond acceptors (Lipinski definition) is 4. The molecule has 1 aliphatic heterocycles. The highest BCUT2D eigenvalue weighted by Gasteiger charge is 2.45. The zero-order valence-corrected chi connectivity index (χ0v) is 18.1. The van der Waals surface area contributed by atoms with Crippen molar-refractivity contribution in [3.63, 3.8) is 0 Å². The number of carbonyl (C=O) groups is 2. The zero-order valence-electron chi connectivity index (χ0n) is 16.5. The highest BCUT2D eigenvalue weighted by Crippen LogP contribution is 2.40. The van der Waals surface area contributed by atoms with Crippen LogP contribution in [-0.2, 0) is 9.59 Å². The van der Waals surface area contributed by atoms with Crippen molar-refractivity contribution in [2.24, 2.45) is 0 Å². The van der Waals surface area contributed by atoms with Gasteiger partial charge in [-0.15, -0.1) is 0 Å². The molecule has 2 aromatic carbocycles. The molecule has 0 aromatic heterocycles. The minimum Gasteiger partial charge on any atom is -0.508 e. The molecule has 1 saturated heterocycles. The number of likely N-dealkylation sites (tertiary alicyclic amines) is 1. The van der Waals surface area contributed by atoms with E-state index in [1.165, 1.54) is 17.0 Å². The summed E-state index contributed by atoms with van der Waals surface area (Å²) in [4.78, 5) is 27.2. The molecule has 2 N–H and O–H groups in total. The fourth-order valence-corrected chi connectivity index (χ4v) is 3.84. The number of rotatable bonds is 6. The molecule has 2 aromatic rings.